The highest BCUT2D eigenvalue weighted by Gasteiger charge is 2.23. The van der Waals surface area contributed by atoms with Gasteiger partial charge in [0.05, 0.1) is 6.42 Å². The summed E-state index contributed by atoms with van der Waals surface area (Å²) in [5.74, 6) is -0.776. The monoisotopic (exact) mass is 269 g/mol. The number of rotatable bonds is 6. The van der Waals surface area contributed by atoms with E-state index < -0.39 is 5.97 Å². The summed E-state index contributed by atoms with van der Waals surface area (Å²) in [6.07, 6.45) is 1.88. The molecule has 1 fully saturated rings. The van der Waals surface area contributed by atoms with Gasteiger partial charge in [0.25, 0.3) is 0 Å². The number of nitrogens with zero attached hydrogens (tertiary/aromatic N) is 3. The van der Waals surface area contributed by atoms with Gasteiger partial charge in [-0.2, -0.15) is 0 Å². The lowest BCUT2D eigenvalue weighted by Crippen LogP contribution is -2.53. The minimum absolute atomic E-state index is 0.0419. The normalized spacial score (nSPS) is 16.2. The van der Waals surface area contributed by atoms with Crippen LogP contribution in [0.2, 0.25) is 0 Å². The molecule has 1 aliphatic rings. The average molecular weight is 269 g/mol. The molecule has 1 aliphatic heterocycles. The lowest BCUT2D eigenvalue weighted by atomic mass is 10.3. The first-order valence-electron chi connectivity index (χ1n) is 6.67. The van der Waals surface area contributed by atoms with Crippen molar-refractivity contribution in [3.63, 3.8) is 0 Å². The van der Waals surface area contributed by atoms with E-state index in [9.17, 15) is 9.59 Å². The zero-order valence-corrected chi connectivity index (χ0v) is 11.5. The van der Waals surface area contributed by atoms with Crippen LogP contribution in [-0.2, 0) is 4.79 Å². The Bertz CT molecular complexity index is 325. The second-order valence-electron chi connectivity index (χ2n) is 4.58. The fraction of sp³-hybridized carbons (Fsp3) is 0.692. The standard InChI is InChI=1S/C13H23N3O3/c1-3-6-15(4-2)13(19)16-10-8-14(9-11-16)7-5-12(17)18/h3H,1,4-11H2,2H3,(H,17,18). The first-order valence-corrected chi connectivity index (χ1v) is 6.67. The van der Waals surface area contributed by atoms with Gasteiger partial charge >= 0.3 is 12.0 Å². The van der Waals surface area contributed by atoms with Crippen molar-refractivity contribution in [1.82, 2.24) is 14.7 Å². The zero-order valence-electron chi connectivity index (χ0n) is 11.5. The van der Waals surface area contributed by atoms with Gasteiger partial charge < -0.3 is 14.9 Å². The minimum atomic E-state index is -0.776. The number of carbonyl (C=O) groups excluding carboxylic acids is 1. The molecule has 0 radical (unpaired) electrons. The molecular weight excluding hydrogens is 246 g/mol. The number of carboxylic acids is 1. The molecule has 6 heteroatoms. The molecule has 6 nitrogen and oxygen atoms in total. The van der Waals surface area contributed by atoms with Gasteiger partial charge in [-0.25, -0.2) is 4.79 Å². The Morgan fingerprint density at radius 3 is 2.42 bits per heavy atom. The summed E-state index contributed by atoms with van der Waals surface area (Å²) in [6, 6.07) is 0.0419. The van der Waals surface area contributed by atoms with Gasteiger partial charge in [0.2, 0.25) is 0 Å². The maximum Gasteiger partial charge on any atom is 0.320 e. The van der Waals surface area contributed by atoms with Crippen LogP contribution in [0.3, 0.4) is 0 Å². The Hall–Kier alpha value is -1.56. The average Bonchev–Trinajstić information content (AvgIpc) is 2.42. The topological polar surface area (TPSA) is 64.1 Å². The number of hydrogen-bond donors (Lipinski definition) is 1. The van der Waals surface area contributed by atoms with E-state index in [1.165, 1.54) is 0 Å². The Kier molecular flexibility index (Phi) is 6.35. The molecule has 0 saturated carbocycles. The fourth-order valence-electron chi connectivity index (χ4n) is 2.11. The predicted molar refractivity (Wildman–Crippen MR) is 73.1 cm³/mol. The number of urea groups is 1. The van der Waals surface area contributed by atoms with Crippen molar-refractivity contribution in [2.45, 2.75) is 13.3 Å². The molecule has 19 heavy (non-hydrogen) atoms. The molecule has 0 unspecified atom stereocenters. The summed E-state index contributed by atoms with van der Waals surface area (Å²) >= 11 is 0. The molecule has 0 bridgehead atoms. The SMILES string of the molecule is C=CCN(CC)C(=O)N1CCN(CCC(=O)O)CC1. The first-order chi connectivity index (χ1) is 9.08. The predicted octanol–water partition coefficient (Wildman–Crippen LogP) is 0.707. The van der Waals surface area contributed by atoms with Crippen LogP contribution in [0.25, 0.3) is 0 Å². The van der Waals surface area contributed by atoms with Crippen LogP contribution >= 0.6 is 0 Å². The van der Waals surface area contributed by atoms with Gasteiger partial charge in [0.15, 0.2) is 0 Å². The van der Waals surface area contributed by atoms with Crippen LogP contribution in [0.4, 0.5) is 4.79 Å². The maximum atomic E-state index is 12.2. The quantitative estimate of drug-likeness (QED) is 0.721. The molecule has 0 aromatic rings. The lowest BCUT2D eigenvalue weighted by molar-refractivity contribution is -0.137. The van der Waals surface area contributed by atoms with Gasteiger partial charge in [-0.05, 0) is 6.92 Å². The Morgan fingerprint density at radius 2 is 1.95 bits per heavy atom. The van der Waals surface area contributed by atoms with E-state index in [1.807, 2.05) is 11.8 Å². The molecule has 1 saturated heterocycles. The fourth-order valence-corrected chi connectivity index (χ4v) is 2.11. The van der Waals surface area contributed by atoms with E-state index in [-0.39, 0.29) is 12.5 Å². The third-order valence-corrected chi connectivity index (χ3v) is 3.29. The summed E-state index contributed by atoms with van der Waals surface area (Å²) in [6.45, 7) is 10.2. The molecule has 0 aromatic carbocycles. The summed E-state index contributed by atoms with van der Waals surface area (Å²) < 4.78 is 0. The first kappa shape index (κ1) is 15.5. The number of piperazine rings is 1. The molecule has 0 spiro atoms. The number of carboxylic acid groups (broad SMARTS) is 1. The Balaban J connectivity index is 2.38. The van der Waals surface area contributed by atoms with E-state index in [0.717, 1.165) is 13.1 Å². The van der Waals surface area contributed by atoms with Crippen LogP contribution < -0.4 is 0 Å². The summed E-state index contributed by atoms with van der Waals surface area (Å²) in [7, 11) is 0. The van der Waals surface area contributed by atoms with Crippen molar-refractivity contribution in [3.05, 3.63) is 12.7 Å². The van der Waals surface area contributed by atoms with Crippen LogP contribution in [-0.4, -0.2) is 77.6 Å². The summed E-state index contributed by atoms with van der Waals surface area (Å²) in [5, 5.41) is 8.64. The molecular formula is C13H23N3O3. The summed E-state index contributed by atoms with van der Waals surface area (Å²) in [4.78, 5) is 28.3. The molecule has 0 atom stereocenters. The van der Waals surface area contributed by atoms with E-state index in [4.69, 9.17) is 5.11 Å². The number of amides is 2. The highest BCUT2D eigenvalue weighted by Crippen LogP contribution is 2.06. The van der Waals surface area contributed by atoms with Crippen molar-refractivity contribution in [1.29, 1.82) is 0 Å². The van der Waals surface area contributed by atoms with Crippen LogP contribution in [0.5, 0.6) is 0 Å². The van der Waals surface area contributed by atoms with E-state index >= 15 is 0 Å². The molecule has 108 valence electrons. The van der Waals surface area contributed by atoms with Crippen LogP contribution in [0, 0.1) is 0 Å². The lowest BCUT2D eigenvalue weighted by Gasteiger charge is -2.37. The number of likely N-dealkylation sites (N-methyl/N-ethyl adjacent to an activating group) is 1. The molecule has 1 N–H and O–H groups in total. The van der Waals surface area contributed by atoms with Gasteiger partial charge in [-0.3, -0.25) is 9.69 Å². The molecule has 0 aromatic heterocycles. The molecule has 2 amide bonds. The van der Waals surface area contributed by atoms with Crippen molar-refractivity contribution in [3.8, 4) is 0 Å². The second kappa shape index (κ2) is 7.78. The van der Waals surface area contributed by atoms with Crippen molar-refractivity contribution >= 4 is 12.0 Å². The van der Waals surface area contributed by atoms with Crippen molar-refractivity contribution < 1.29 is 14.7 Å². The van der Waals surface area contributed by atoms with Crippen LogP contribution in [0.1, 0.15) is 13.3 Å². The van der Waals surface area contributed by atoms with Crippen molar-refractivity contribution in [2.75, 3.05) is 45.8 Å². The largest absolute Gasteiger partial charge is 0.481 e. The highest BCUT2D eigenvalue weighted by molar-refractivity contribution is 5.74. The smallest absolute Gasteiger partial charge is 0.320 e. The summed E-state index contributed by atoms with van der Waals surface area (Å²) in [5.41, 5.74) is 0. The third kappa shape index (κ3) is 4.90. The van der Waals surface area contributed by atoms with Gasteiger partial charge in [-0.15, -0.1) is 6.58 Å². The molecule has 0 aliphatic carbocycles. The molecule has 1 rings (SSSR count). The number of hydrogen-bond acceptors (Lipinski definition) is 3. The van der Waals surface area contributed by atoms with E-state index in [2.05, 4.69) is 11.5 Å². The second-order valence-corrected chi connectivity index (χ2v) is 4.58. The highest BCUT2D eigenvalue weighted by atomic mass is 16.4. The Labute approximate surface area is 114 Å². The third-order valence-electron chi connectivity index (χ3n) is 3.29. The van der Waals surface area contributed by atoms with E-state index in [1.54, 1.807) is 11.0 Å². The van der Waals surface area contributed by atoms with Gasteiger partial charge in [-0.1, -0.05) is 6.08 Å². The van der Waals surface area contributed by atoms with E-state index in [0.29, 0.717) is 32.7 Å². The molecule has 1 heterocycles. The zero-order chi connectivity index (χ0) is 14.3. The Morgan fingerprint density at radius 1 is 1.32 bits per heavy atom. The van der Waals surface area contributed by atoms with Crippen molar-refractivity contribution in [2.24, 2.45) is 0 Å². The van der Waals surface area contributed by atoms with Gasteiger partial charge in [0, 0.05) is 45.8 Å². The minimum Gasteiger partial charge on any atom is -0.481 e. The number of aliphatic carboxylic acids is 1. The number of carbonyl (C=O) groups is 2. The van der Waals surface area contributed by atoms with Gasteiger partial charge in [0.1, 0.15) is 0 Å². The van der Waals surface area contributed by atoms with Crippen LogP contribution in [0.15, 0.2) is 12.7 Å². The maximum absolute atomic E-state index is 12.2.